The second-order valence-electron chi connectivity index (χ2n) is 3.75. The van der Waals surface area contributed by atoms with E-state index >= 15 is 0 Å². The summed E-state index contributed by atoms with van der Waals surface area (Å²) < 4.78 is 0. The first-order chi connectivity index (χ1) is 6.65. The molecule has 1 unspecified atom stereocenters. The molecule has 1 aromatic rings. The maximum Gasteiger partial charge on any atom is 0.318 e. The summed E-state index contributed by atoms with van der Waals surface area (Å²) in [4.78, 5) is 11.1. The Morgan fingerprint density at radius 1 is 1.36 bits per heavy atom. The average molecular weight is 188 g/mol. The van der Waals surface area contributed by atoms with Crippen molar-refractivity contribution < 1.29 is 9.90 Å². The first-order valence-corrected chi connectivity index (χ1v) is 4.63. The van der Waals surface area contributed by atoms with Crippen molar-refractivity contribution in [2.24, 2.45) is 0 Å². The van der Waals surface area contributed by atoms with Gasteiger partial charge in [0.2, 0.25) is 0 Å². The van der Waals surface area contributed by atoms with Gasteiger partial charge in [-0.25, -0.2) is 0 Å². The predicted octanol–water partition coefficient (Wildman–Crippen LogP) is 2.28. The third-order valence-corrected chi connectivity index (χ3v) is 2.79. The van der Waals surface area contributed by atoms with Gasteiger partial charge < -0.3 is 5.11 Å². The number of benzene rings is 1. The molecule has 0 saturated heterocycles. The summed E-state index contributed by atoms with van der Waals surface area (Å²) in [7, 11) is 0. The van der Waals surface area contributed by atoms with Crippen LogP contribution in [0.2, 0.25) is 0 Å². The molecule has 1 N–H and O–H groups in total. The second kappa shape index (κ2) is 2.98. The maximum absolute atomic E-state index is 11.1. The van der Waals surface area contributed by atoms with Crippen LogP contribution in [0.25, 0.3) is 0 Å². The van der Waals surface area contributed by atoms with E-state index in [2.05, 4.69) is 0 Å². The lowest BCUT2D eigenvalue weighted by Crippen LogP contribution is -2.37. The first kappa shape index (κ1) is 9.00. The second-order valence-corrected chi connectivity index (χ2v) is 3.75. The number of carbonyl (C=O) groups is 1. The van der Waals surface area contributed by atoms with E-state index in [9.17, 15) is 4.79 Å². The minimum atomic E-state index is -0.760. The summed E-state index contributed by atoms with van der Waals surface area (Å²) in [6.07, 6.45) is 4.26. The molecule has 0 fully saturated rings. The number of allylic oxidation sites excluding steroid dienone is 1. The lowest BCUT2D eigenvalue weighted by Gasteiger charge is -2.31. The molecule has 1 aromatic carbocycles. The van der Waals surface area contributed by atoms with Gasteiger partial charge in [-0.15, -0.1) is 0 Å². The number of hydrogen-bond acceptors (Lipinski definition) is 1. The fraction of sp³-hybridized carbons (Fsp3) is 0.250. The molecule has 0 aliphatic heterocycles. The highest BCUT2D eigenvalue weighted by Crippen LogP contribution is 2.37. The number of rotatable bonds is 2. The van der Waals surface area contributed by atoms with Gasteiger partial charge in [0.05, 0.1) is 0 Å². The molecule has 2 rings (SSSR count). The largest absolute Gasteiger partial charge is 0.480 e. The van der Waals surface area contributed by atoms with Gasteiger partial charge in [-0.2, -0.15) is 0 Å². The molecule has 72 valence electrons. The minimum absolute atomic E-state index is 0.603. The lowest BCUT2D eigenvalue weighted by atomic mass is 9.71. The Balaban J connectivity index is 2.43. The fourth-order valence-electron chi connectivity index (χ4n) is 1.70. The smallest absolute Gasteiger partial charge is 0.318 e. The van der Waals surface area contributed by atoms with Crippen LogP contribution in [-0.4, -0.2) is 11.1 Å². The number of carboxylic acid groups (broad SMARTS) is 1. The third-order valence-electron chi connectivity index (χ3n) is 2.79. The summed E-state index contributed by atoms with van der Waals surface area (Å²) in [6, 6.07) is 7.69. The van der Waals surface area contributed by atoms with Gasteiger partial charge in [0.1, 0.15) is 5.41 Å². The van der Waals surface area contributed by atoms with Crippen molar-refractivity contribution in [2.75, 3.05) is 0 Å². The van der Waals surface area contributed by atoms with Crippen LogP contribution in [0, 0.1) is 6.92 Å². The van der Waals surface area contributed by atoms with Crippen LogP contribution in [0.4, 0.5) is 0 Å². The lowest BCUT2D eigenvalue weighted by molar-refractivity contribution is -0.142. The summed E-state index contributed by atoms with van der Waals surface area (Å²) in [5, 5.41) is 9.16. The molecule has 0 aromatic heterocycles. The van der Waals surface area contributed by atoms with Crippen LogP contribution in [-0.2, 0) is 10.2 Å². The Labute approximate surface area is 82.9 Å². The van der Waals surface area contributed by atoms with Gasteiger partial charge in [0.15, 0.2) is 0 Å². The molecular formula is C12H12O2. The molecule has 1 aliphatic rings. The van der Waals surface area contributed by atoms with Crippen LogP contribution in [0.3, 0.4) is 0 Å². The van der Waals surface area contributed by atoms with Gasteiger partial charge in [0.25, 0.3) is 0 Å². The average Bonchev–Trinajstić information content (AvgIpc) is 2.05. The van der Waals surface area contributed by atoms with Crippen molar-refractivity contribution >= 4 is 5.97 Å². The molecule has 1 aliphatic carbocycles. The Morgan fingerprint density at radius 2 is 1.93 bits per heavy atom. The van der Waals surface area contributed by atoms with Crippen LogP contribution < -0.4 is 0 Å². The summed E-state index contributed by atoms with van der Waals surface area (Å²) >= 11 is 0. The van der Waals surface area contributed by atoms with Crippen LogP contribution in [0.1, 0.15) is 17.5 Å². The number of aliphatic carboxylic acids is 1. The first-order valence-electron chi connectivity index (χ1n) is 4.63. The minimum Gasteiger partial charge on any atom is -0.480 e. The van der Waals surface area contributed by atoms with Crippen molar-refractivity contribution in [1.82, 2.24) is 0 Å². The van der Waals surface area contributed by atoms with Crippen molar-refractivity contribution in [1.29, 1.82) is 0 Å². The van der Waals surface area contributed by atoms with E-state index < -0.39 is 11.4 Å². The Kier molecular flexibility index (Phi) is 1.92. The maximum atomic E-state index is 11.1. The third kappa shape index (κ3) is 1.15. The van der Waals surface area contributed by atoms with E-state index in [4.69, 9.17) is 5.11 Å². The monoisotopic (exact) mass is 188 g/mol. The molecule has 0 spiro atoms. The standard InChI is InChI=1S/C12H12O2/c1-9-3-5-10(6-4-9)12(11(13)14)7-2-8-12/h2-7H,8H2,1H3,(H,13,14). The molecule has 14 heavy (non-hydrogen) atoms. The SMILES string of the molecule is Cc1ccc(C2(C(=O)O)C=CC2)cc1. The van der Waals surface area contributed by atoms with E-state index in [1.54, 1.807) is 6.08 Å². The van der Waals surface area contributed by atoms with Gasteiger partial charge >= 0.3 is 5.97 Å². The summed E-state index contributed by atoms with van der Waals surface area (Å²) in [5.74, 6) is -0.760. The highest BCUT2D eigenvalue weighted by Gasteiger charge is 2.41. The van der Waals surface area contributed by atoms with E-state index in [0.717, 1.165) is 11.1 Å². The number of aryl methyl sites for hydroxylation is 1. The molecule has 2 nitrogen and oxygen atoms in total. The van der Waals surface area contributed by atoms with Gasteiger partial charge in [-0.05, 0) is 18.9 Å². The fourth-order valence-corrected chi connectivity index (χ4v) is 1.70. The number of hydrogen-bond donors (Lipinski definition) is 1. The van der Waals surface area contributed by atoms with Crippen LogP contribution >= 0.6 is 0 Å². The molecule has 0 saturated carbocycles. The van der Waals surface area contributed by atoms with E-state index in [-0.39, 0.29) is 0 Å². The molecule has 2 heteroatoms. The molecule has 1 atom stereocenters. The molecule has 0 bridgehead atoms. The zero-order valence-corrected chi connectivity index (χ0v) is 8.03. The molecular weight excluding hydrogens is 176 g/mol. The van der Waals surface area contributed by atoms with Crippen molar-refractivity contribution in [2.45, 2.75) is 18.8 Å². The zero-order chi connectivity index (χ0) is 10.2. The summed E-state index contributed by atoms with van der Waals surface area (Å²) in [5.41, 5.74) is 1.27. The van der Waals surface area contributed by atoms with E-state index in [1.807, 2.05) is 37.3 Å². The Bertz CT molecular complexity index is 389. The van der Waals surface area contributed by atoms with Crippen molar-refractivity contribution in [3.8, 4) is 0 Å². The Hall–Kier alpha value is -1.57. The van der Waals surface area contributed by atoms with Crippen molar-refractivity contribution in [3.63, 3.8) is 0 Å². The molecule has 0 radical (unpaired) electrons. The van der Waals surface area contributed by atoms with Gasteiger partial charge in [0, 0.05) is 0 Å². The quantitative estimate of drug-likeness (QED) is 0.723. The Morgan fingerprint density at radius 3 is 2.29 bits per heavy atom. The topological polar surface area (TPSA) is 37.3 Å². The van der Waals surface area contributed by atoms with Crippen molar-refractivity contribution in [3.05, 3.63) is 47.5 Å². The molecule has 0 heterocycles. The predicted molar refractivity (Wildman–Crippen MR) is 54.2 cm³/mol. The van der Waals surface area contributed by atoms with Gasteiger partial charge in [-0.1, -0.05) is 42.0 Å². The van der Waals surface area contributed by atoms with Crippen LogP contribution in [0.15, 0.2) is 36.4 Å². The highest BCUT2D eigenvalue weighted by atomic mass is 16.4. The van der Waals surface area contributed by atoms with E-state index in [0.29, 0.717) is 6.42 Å². The normalized spacial score (nSPS) is 24.4. The summed E-state index contributed by atoms with van der Waals surface area (Å²) in [6.45, 7) is 1.99. The van der Waals surface area contributed by atoms with Gasteiger partial charge in [-0.3, -0.25) is 4.79 Å². The molecule has 0 amide bonds. The van der Waals surface area contributed by atoms with Crippen LogP contribution in [0.5, 0.6) is 0 Å². The number of carboxylic acids is 1. The zero-order valence-electron chi connectivity index (χ0n) is 8.03. The van der Waals surface area contributed by atoms with E-state index in [1.165, 1.54) is 0 Å². The highest BCUT2D eigenvalue weighted by molar-refractivity contribution is 5.86.